The number of alkyl halides is 1. The number of carbonyl (C=O) groups is 1. The van der Waals surface area contributed by atoms with Crippen LogP contribution in [0, 0.1) is 17.2 Å². The van der Waals surface area contributed by atoms with Crippen LogP contribution in [0.25, 0.3) is 0 Å². The Balaban J connectivity index is 3.64. The first-order valence-corrected chi connectivity index (χ1v) is 3.67. The highest BCUT2D eigenvalue weighted by atomic mass is 35.5. The number of nitrogens with zero attached hydrogens (tertiary/aromatic N) is 1. The molecule has 0 aliphatic carbocycles. The van der Waals surface area contributed by atoms with Crippen molar-refractivity contribution in [3.8, 4) is 6.07 Å². The highest BCUT2D eigenvalue weighted by Crippen LogP contribution is 2.11. The van der Waals surface area contributed by atoms with Crippen molar-refractivity contribution in [2.45, 2.75) is 25.1 Å². The van der Waals surface area contributed by atoms with Gasteiger partial charge in [0.2, 0.25) is 0 Å². The smallest absolute Gasteiger partial charge is 0.123 e. The zero-order chi connectivity index (χ0) is 7.98. The van der Waals surface area contributed by atoms with Gasteiger partial charge in [-0.1, -0.05) is 6.92 Å². The molecule has 0 saturated carbocycles. The molecule has 0 aromatic heterocycles. The van der Waals surface area contributed by atoms with Gasteiger partial charge in [-0.25, -0.2) is 0 Å². The first kappa shape index (κ1) is 9.45. The van der Waals surface area contributed by atoms with E-state index in [0.717, 1.165) is 12.7 Å². The second-order valence-corrected chi connectivity index (χ2v) is 2.66. The van der Waals surface area contributed by atoms with Gasteiger partial charge < -0.3 is 4.79 Å². The van der Waals surface area contributed by atoms with Crippen molar-refractivity contribution in [2.24, 2.45) is 5.92 Å². The number of nitriles is 1. The van der Waals surface area contributed by atoms with Crippen LogP contribution in [-0.4, -0.2) is 11.7 Å². The lowest BCUT2D eigenvalue weighted by molar-refractivity contribution is -0.111. The number of hydrogen-bond donors (Lipinski definition) is 0. The molecular weight excluding hydrogens is 150 g/mol. The summed E-state index contributed by atoms with van der Waals surface area (Å²) in [6.45, 7) is 1.90. The Morgan fingerprint density at radius 2 is 2.40 bits per heavy atom. The molecular formula is C7H10ClNO. The standard InChI is InChI=1S/C7H10ClNO/c1-2-6(5-10)3-7(8)4-9/h5-7H,2-3H2,1H3. The molecule has 2 nitrogen and oxygen atoms in total. The van der Waals surface area contributed by atoms with E-state index in [1.54, 1.807) is 0 Å². The van der Waals surface area contributed by atoms with E-state index in [1.165, 1.54) is 0 Å². The van der Waals surface area contributed by atoms with Gasteiger partial charge in [0.25, 0.3) is 0 Å². The maximum absolute atomic E-state index is 10.2. The van der Waals surface area contributed by atoms with Crippen LogP contribution in [0.2, 0.25) is 0 Å². The highest BCUT2D eigenvalue weighted by molar-refractivity contribution is 6.22. The molecule has 2 unspecified atom stereocenters. The first-order valence-electron chi connectivity index (χ1n) is 3.23. The van der Waals surface area contributed by atoms with E-state index in [9.17, 15) is 4.79 Å². The van der Waals surface area contributed by atoms with Gasteiger partial charge in [0.05, 0.1) is 6.07 Å². The van der Waals surface area contributed by atoms with Crippen LogP contribution in [-0.2, 0) is 4.79 Å². The molecule has 0 bridgehead atoms. The predicted molar refractivity (Wildman–Crippen MR) is 39.7 cm³/mol. The van der Waals surface area contributed by atoms with Gasteiger partial charge in [-0.3, -0.25) is 0 Å². The van der Waals surface area contributed by atoms with Gasteiger partial charge in [0, 0.05) is 5.92 Å². The molecule has 0 aromatic rings. The van der Waals surface area contributed by atoms with Crippen LogP contribution in [0.3, 0.4) is 0 Å². The number of carbonyl (C=O) groups excluding carboxylic acids is 1. The summed E-state index contributed by atoms with van der Waals surface area (Å²) >= 11 is 5.50. The zero-order valence-corrected chi connectivity index (χ0v) is 6.64. The van der Waals surface area contributed by atoms with Crippen molar-refractivity contribution in [2.75, 3.05) is 0 Å². The Kier molecular flexibility index (Phi) is 4.96. The average molecular weight is 160 g/mol. The number of aldehydes is 1. The SMILES string of the molecule is CCC(C=O)CC(Cl)C#N. The minimum atomic E-state index is -0.518. The van der Waals surface area contributed by atoms with Crippen LogP contribution in [0.15, 0.2) is 0 Å². The van der Waals surface area contributed by atoms with Gasteiger partial charge in [-0.2, -0.15) is 5.26 Å². The average Bonchev–Trinajstić information content (AvgIpc) is 1.99. The second kappa shape index (κ2) is 5.25. The maximum Gasteiger partial charge on any atom is 0.123 e. The van der Waals surface area contributed by atoms with Gasteiger partial charge in [0.1, 0.15) is 11.7 Å². The third-order valence-corrected chi connectivity index (χ3v) is 1.64. The molecule has 0 saturated heterocycles. The Labute approximate surface area is 65.8 Å². The number of rotatable bonds is 4. The van der Waals surface area contributed by atoms with Crippen LogP contribution in [0.1, 0.15) is 19.8 Å². The van der Waals surface area contributed by atoms with E-state index >= 15 is 0 Å². The lowest BCUT2D eigenvalue weighted by atomic mass is 10.0. The Hall–Kier alpha value is -0.550. The molecule has 0 aromatic carbocycles. The van der Waals surface area contributed by atoms with Crippen molar-refractivity contribution in [3.05, 3.63) is 0 Å². The summed E-state index contributed by atoms with van der Waals surface area (Å²) in [6, 6.07) is 1.87. The van der Waals surface area contributed by atoms with E-state index in [-0.39, 0.29) is 5.92 Å². The van der Waals surface area contributed by atoms with Crippen molar-refractivity contribution < 1.29 is 4.79 Å². The monoisotopic (exact) mass is 159 g/mol. The van der Waals surface area contributed by atoms with Crippen molar-refractivity contribution >= 4 is 17.9 Å². The number of halogens is 1. The van der Waals surface area contributed by atoms with E-state index < -0.39 is 5.38 Å². The molecule has 2 atom stereocenters. The molecule has 0 spiro atoms. The van der Waals surface area contributed by atoms with Gasteiger partial charge in [-0.15, -0.1) is 11.6 Å². The van der Waals surface area contributed by atoms with E-state index in [0.29, 0.717) is 6.42 Å². The molecule has 56 valence electrons. The van der Waals surface area contributed by atoms with Crippen LogP contribution in [0.5, 0.6) is 0 Å². The highest BCUT2D eigenvalue weighted by Gasteiger charge is 2.10. The number of hydrogen-bond acceptors (Lipinski definition) is 2. The third kappa shape index (κ3) is 3.47. The maximum atomic E-state index is 10.2. The van der Waals surface area contributed by atoms with Crippen LogP contribution < -0.4 is 0 Å². The minimum Gasteiger partial charge on any atom is -0.303 e. The molecule has 0 aliphatic rings. The van der Waals surface area contributed by atoms with Gasteiger partial charge >= 0.3 is 0 Å². The predicted octanol–water partition coefficient (Wildman–Crippen LogP) is 1.73. The van der Waals surface area contributed by atoms with Crippen molar-refractivity contribution in [1.29, 1.82) is 5.26 Å². The Bertz CT molecular complexity index is 141. The van der Waals surface area contributed by atoms with Crippen LogP contribution in [0.4, 0.5) is 0 Å². The summed E-state index contributed by atoms with van der Waals surface area (Å²) in [5.41, 5.74) is 0. The largest absolute Gasteiger partial charge is 0.303 e. The fourth-order valence-electron chi connectivity index (χ4n) is 0.637. The fraction of sp³-hybridized carbons (Fsp3) is 0.714. The summed E-state index contributed by atoms with van der Waals surface area (Å²) in [6.07, 6.45) is 2.08. The summed E-state index contributed by atoms with van der Waals surface area (Å²) in [7, 11) is 0. The zero-order valence-electron chi connectivity index (χ0n) is 5.88. The molecule has 0 fully saturated rings. The third-order valence-electron chi connectivity index (χ3n) is 1.37. The quantitative estimate of drug-likeness (QED) is 0.463. The summed E-state index contributed by atoms with van der Waals surface area (Å²) in [5, 5.41) is 7.76. The fourth-order valence-corrected chi connectivity index (χ4v) is 0.866. The molecule has 0 rings (SSSR count). The minimum absolute atomic E-state index is 0.0536. The lowest BCUT2D eigenvalue weighted by Crippen LogP contribution is -2.07. The Morgan fingerprint density at radius 3 is 2.70 bits per heavy atom. The molecule has 0 aliphatic heterocycles. The molecule has 0 amide bonds. The summed E-state index contributed by atoms with van der Waals surface area (Å²) < 4.78 is 0. The van der Waals surface area contributed by atoms with E-state index in [4.69, 9.17) is 16.9 Å². The Morgan fingerprint density at radius 1 is 1.80 bits per heavy atom. The second-order valence-electron chi connectivity index (χ2n) is 2.14. The summed E-state index contributed by atoms with van der Waals surface area (Å²) in [5.74, 6) is -0.0536. The van der Waals surface area contributed by atoms with Crippen molar-refractivity contribution in [3.63, 3.8) is 0 Å². The van der Waals surface area contributed by atoms with Gasteiger partial charge in [-0.05, 0) is 12.8 Å². The van der Waals surface area contributed by atoms with E-state index in [1.807, 2.05) is 13.0 Å². The first-order chi connectivity index (χ1) is 4.74. The molecule has 10 heavy (non-hydrogen) atoms. The van der Waals surface area contributed by atoms with Gasteiger partial charge in [0.15, 0.2) is 0 Å². The molecule has 0 radical (unpaired) electrons. The van der Waals surface area contributed by atoms with Crippen LogP contribution >= 0.6 is 11.6 Å². The molecule has 0 N–H and O–H groups in total. The molecule has 3 heteroatoms. The van der Waals surface area contributed by atoms with Crippen molar-refractivity contribution in [1.82, 2.24) is 0 Å². The topological polar surface area (TPSA) is 40.9 Å². The van der Waals surface area contributed by atoms with E-state index in [2.05, 4.69) is 0 Å². The molecule has 0 heterocycles. The normalized spacial score (nSPS) is 15.3. The summed E-state index contributed by atoms with van der Waals surface area (Å²) in [4.78, 5) is 10.2. The lowest BCUT2D eigenvalue weighted by Gasteiger charge is -2.05.